The molecule has 104 valence electrons. The molecule has 20 heavy (non-hydrogen) atoms. The molecule has 0 saturated carbocycles. The molecule has 0 radical (unpaired) electrons. The first kappa shape index (κ1) is 14.1. The molecule has 1 N–H and O–H groups in total. The summed E-state index contributed by atoms with van der Waals surface area (Å²) in [6.45, 7) is 1.63. The van der Waals surface area contributed by atoms with Crippen LogP contribution in [0.3, 0.4) is 0 Å². The van der Waals surface area contributed by atoms with Crippen LogP contribution in [0.2, 0.25) is 0 Å². The van der Waals surface area contributed by atoms with Crippen molar-refractivity contribution in [2.45, 2.75) is 13.3 Å². The number of hydrogen-bond acceptors (Lipinski definition) is 5. The number of carboxylic acids is 1. The van der Waals surface area contributed by atoms with Gasteiger partial charge in [0.15, 0.2) is 0 Å². The van der Waals surface area contributed by atoms with Crippen molar-refractivity contribution in [3.63, 3.8) is 0 Å². The van der Waals surface area contributed by atoms with E-state index in [1.165, 1.54) is 16.9 Å². The molecule has 0 saturated heterocycles. The molecule has 0 unspecified atom stereocenters. The molecule has 8 nitrogen and oxygen atoms in total. The Kier molecular flexibility index (Phi) is 3.79. The highest BCUT2D eigenvalue weighted by atomic mass is 79.9. The highest BCUT2D eigenvalue weighted by Crippen LogP contribution is 2.29. The smallest absolute Gasteiger partial charge is 0.309 e. The fourth-order valence-electron chi connectivity index (χ4n) is 1.67. The minimum Gasteiger partial charge on any atom is -0.481 e. The van der Waals surface area contributed by atoms with Gasteiger partial charge in [-0.25, -0.2) is 4.68 Å². The van der Waals surface area contributed by atoms with Crippen LogP contribution in [0.4, 0.5) is 5.69 Å². The van der Waals surface area contributed by atoms with Gasteiger partial charge in [0, 0.05) is 16.1 Å². The summed E-state index contributed by atoms with van der Waals surface area (Å²) in [7, 11) is 0. The minimum atomic E-state index is -1.02. The van der Waals surface area contributed by atoms with Gasteiger partial charge in [0.25, 0.3) is 5.69 Å². The van der Waals surface area contributed by atoms with Crippen LogP contribution in [0.5, 0.6) is 0 Å². The highest BCUT2D eigenvalue weighted by molar-refractivity contribution is 9.10. The average molecular weight is 341 g/mol. The van der Waals surface area contributed by atoms with E-state index in [-0.39, 0.29) is 17.8 Å². The van der Waals surface area contributed by atoms with Crippen LogP contribution in [0.15, 0.2) is 22.8 Å². The van der Waals surface area contributed by atoms with Crippen LogP contribution < -0.4 is 0 Å². The molecule has 0 spiro atoms. The third kappa shape index (κ3) is 2.82. The average Bonchev–Trinajstić information content (AvgIpc) is 2.75. The third-order valence-electron chi connectivity index (χ3n) is 2.58. The molecule has 2 aromatic rings. The molecule has 0 bridgehead atoms. The number of aromatic nitrogens is 3. The van der Waals surface area contributed by atoms with Crippen molar-refractivity contribution in [2.75, 3.05) is 0 Å². The molecule has 1 aromatic carbocycles. The molecule has 1 aromatic heterocycles. The van der Waals surface area contributed by atoms with E-state index in [9.17, 15) is 14.9 Å². The van der Waals surface area contributed by atoms with Crippen LogP contribution in [0, 0.1) is 17.0 Å². The molecule has 0 amide bonds. The number of aryl methyl sites for hydroxylation is 1. The zero-order valence-corrected chi connectivity index (χ0v) is 11.9. The van der Waals surface area contributed by atoms with Crippen LogP contribution in [-0.2, 0) is 11.2 Å². The maximum atomic E-state index is 10.9. The molecular formula is C11H9BrN4O4. The number of nitro groups is 1. The Morgan fingerprint density at radius 3 is 2.85 bits per heavy atom. The number of halogens is 1. The summed E-state index contributed by atoms with van der Waals surface area (Å²) in [6.07, 6.45) is 1.17. The van der Waals surface area contributed by atoms with Crippen molar-refractivity contribution in [3.8, 4) is 5.69 Å². The summed E-state index contributed by atoms with van der Waals surface area (Å²) in [5.74, 6) is -1.02. The molecule has 0 aliphatic carbocycles. The highest BCUT2D eigenvalue weighted by Gasteiger charge is 2.17. The molecular weight excluding hydrogens is 332 g/mol. The normalized spacial score (nSPS) is 10.5. The van der Waals surface area contributed by atoms with E-state index in [1.54, 1.807) is 13.0 Å². The van der Waals surface area contributed by atoms with E-state index < -0.39 is 10.9 Å². The lowest BCUT2D eigenvalue weighted by Gasteiger charge is -2.05. The number of rotatable bonds is 4. The van der Waals surface area contributed by atoms with Gasteiger partial charge in [0.2, 0.25) is 0 Å². The van der Waals surface area contributed by atoms with E-state index in [0.717, 1.165) is 0 Å². The summed E-state index contributed by atoms with van der Waals surface area (Å²) >= 11 is 3.30. The number of nitro benzene ring substituents is 1. The van der Waals surface area contributed by atoms with Crippen molar-refractivity contribution in [3.05, 3.63) is 44.2 Å². The van der Waals surface area contributed by atoms with Gasteiger partial charge in [-0.1, -0.05) is 5.21 Å². The summed E-state index contributed by atoms with van der Waals surface area (Å²) in [5.41, 5.74) is 1.16. The Bertz CT molecular complexity index is 698. The molecule has 0 atom stereocenters. The lowest BCUT2D eigenvalue weighted by molar-refractivity contribution is -0.385. The fourth-order valence-corrected chi connectivity index (χ4v) is 2.31. The van der Waals surface area contributed by atoms with Crippen LogP contribution in [-0.4, -0.2) is 31.0 Å². The second-order valence-electron chi connectivity index (χ2n) is 4.07. The van der Waals surface area contributed by atoms with Crippen LogP contribution >= 0.6 is 15.9 Å². The quantitative estimate of drug-likeness (QED) is 0.671. The van der Waals surface area contributed by atoms with Crippen LogP contribution in [0.25, 0.3) is 5.69 Å². The topological polar surface area (TPSA) is 111 Å². The molecule has 0 aliphatic rings. The SMILES string of the molecule is Cc1cc(Br)c(-n2cc(CC(=O)O)nn2)cc1[N+](=O)[O-]. The lowest BCUT2D eigenvalue weighted by atomic mass is 10.2. The zero-order valence-electron chi connectivity index (χ0n) is 10.3. The van der Waals surface area contributed by atoms with Crippen molar-refractivity contribution in [2.24, 2.45) is 0 Å². The molecule has 9 heteroatoms. The van der Waals surface area contributed by atoms with Gasteiger partial charge in [-0.3, -0.25) is 14.9 Å². The number of hydrogen-bond donors (Lipinski definition) is 1. The van der Waals surface area contributed by atoms with Crippen molar-refractivity contribution in [1.29, 1.82) is 0 Å². The van der Waals surface area contributed by atoms with E-state index in [2.05, 4.69) is 26.2 Å². The van der Waals surface area contributed by atoms with Gasteiger partial charge in [-0.2, -0.15) is 0 Å². The number of carbonyl (C=O) groups is 1. The lowest BCUT2D eigenvalue weighted by Crippen LogP contribution is -2.00. The van der Waals surface area contributed by atoms with Gasteiger partial charge in [-0.05, 0) is 28.9 Å². The van der Waals surface area contributed by atoms with Gasteiger partial charge < -0.3 is 5.11 Å². The van der Waals surface area contributed by atoms with Crippen molar-refractivity contribution < 1.29 is 14.8 Å². The monoisotopic (exact) mass is 340 g/mol. The maximum Gasteiger partial charge on any atom is 0.309 e. The van der Waals surface area contributed by atoms with E-state index >= 15 is 0 Å². The number of aliphatic carboxylic acids is 1. The molecule has 1 heterocycles. The van der Waals surface area contributed by atoms with E-state index in [4.69, 9.17) is 5.11 Å². The fraction of sp³-hybridized carbons (Fsp3) is 0.182. The summed E-state index contributed by atoms with van der Waals surface area (Å²) < 4.78 is 1.90. The summed E-state index contributed by atoms with van der Waals surface area (Å²) in [4.78, 5) is 21.0. The predicted octanol–water partition coefficient (Wildman–Crippen LogP) is 1.87. The Morgan fingerprint density at radius 2 is 2.25 bits per heavy atom. The van der Waals surface area contributed by atoms with Crippen molar-refractivity contribution >= 4 is 27.6 Å². The first-order valence-corrected chi connectivity index (χ1v) is 6.25. The second kappa shape index (κ2) is 5.37. The minimum absolute atomic E-state index is 0.0431. The van der Waals surface area contributed by atoms with E-state index in [0.29, 0.717) is 15.7 Å². The number of benzene rings is 1. The first-order chi connectivity index (χ1) is 9.38. The zero-order chi connectivity index (χ0) is 14.9. The van der Waals surface area contributed by atoms with Crippen molar-refractivity contribution in [1.82, 2.24) is 15.0 Å². The van der Waals surface area contributed by atoms with Gasteiger partial charge in [0.05, 0.1) is 28.9 Å². The van der Waals surface area contributed by atoms with Crippen LogP contribution in [0.1, 0.15) is 11.3 Å². The summed E-state index contributed by atoms with van der Waals surface area (Å²) in [5, 5.41) is 27.1. The Balaban J connectivity index is 2.46. The molecule has 2 rings (SSSR count). The Morgan fingerprint density at radius 1 is 1.55 bits per heavy atom. The Hall–Kier alpha value is -2.29. The third-order valence-corrected chi connectivity index (χ3v) is 3.22. The van der Waals surface area contributed by atoms with Gasteiger partial charge in [-0.15, -0.1) is 5.10 Å². The Labute approximate surface area is 121 Å². The predicted molar refractivity (Wildman–Crippen MR) is 71.8 cm³/mol. The molecule has 0 aliphatic heterocycles. The number of carboxylic acid groups (broad SMARTS) is 1. The number of nitrogens with zero attached hydrogens (tertiary/aromatic N) is 4. The van der Waals surface area contributed by atoms with E-state index in [1.807, 2.05) is 0 Å². The van der Waals surface area contributed by atoms with Gasteiger partial charge >= 0.3 is 5.97 Å². The molecule has 0 fully saturated rings. The summed E-state index contributed by atoms with van der Waals surface area (Å²) in [6, 6.07) is 2.96. The van der Waals surface area contributed by atoms with Gasteiger partial charge in [0.1, 0.15) is 0 Å². The maximum absolute atomic E-state index is 10.9. The second-order valence-corrected chi connectivity index (χ2v) is 4.93. The first-order valence-electron chi connectivity index (χ1n) is 5.46. The largest absolute Gasteiger partial charge is 0.481 e. The standard InChI is InChI=1S/C11H9BrN4O4/c1-6-2-8(12)10(4-9(6)16(19)20)15-5-7(13-14-15)3-11(17)18/h2,4-5H,3H2,1H3,(H,17,18).